The second-order valence-corrected chi connectivity index (χ2v) is 6.14. The van der Waals surface area contributed by atoms with Gasteiger partial charge in [-0.2, -0.15) is 0 Å². The number of nitrogens with zero attached hydrogens (tertiary/aromatic N) is 2. The molecule has 0 saturated carbocycles. The molecule has 0 aliphatic carbocycles. The summed E-state index contributed by atoms with van der Waals surface area (Å²) in [4.78, 5) is 17.5. The van der Waals surface area contributed by atoms with Crippen LogP contribution in [0.25, 0.3) is 0 Å². The Morgan fingerprint density at radius 2 is 2.35 bits per heavy atom. The molecular formula is C11H14N4OTl+. The Morgan fingerprint density at radius 1 is 1.65 bits per heavy atom. The maximum atomic E-state index is 11.4. The number of nitrogens with two attached hydrogens (primary N) is 2. The summed E-state index contributed by atoms with van der Waals surface area (Å²) in [6.45, 7) is 3.23. The van der Waals surface area contributed by atoms with E-state index in [1.807, 2.05) is 11.8 Å². The molecule has 1 aromatic heterocycles. The second kappa shape index (κ2) is 4.71. The summed E-state index contributed by atoms with van der Waals surface area (Å²) < 4.78 is 0.252. The van der Waals surface area contributed by atoms with Gasteiger partial charge in [0.25, 0.3) is 0 Å². The molecule has 0 aromatic carbocycles. The van der Waals surface area contributed by atoms with Crippen LogP contribution in [0.15, 0.2) is 6.20 Å². The predicted molar refractivity (Wildman–Crippen MR) is 65.6 cm³/mol. The molecule has 1 amide bonds. The Kier molecular flexibility index (Phi) is 3.46. The maximum absolute atomic E-state index is 11.4. The van der Waals surface area contributed by atoms with Crippen molar-refractivity contribution in [1.82, 2.24) is 9.88 Å². The Morgan fingerprint density at radius 3 is 2.94 bits per heavy atom. The number of fused-ring (bicyclic) bond motifs is 1. The van der Waals surface area contributed by atoms with Gasteiger partial charge in [-0.1, -0.05) is 0 Å². The zero-order valence-corrected chi connectivity index (χ0v) is 14.2. The first-order chi connectivity index (χ1) is 8.00. The fraction of sp³-hybridized carbons (Fsp3) is 0.364. The number of carbonyl (C=O) groups excluding carboxylic acids is 1. The van der Waals surface area contributed by atoms with Gasteiger partial charge in [0.1, 0.15) is 0 Å². The van der Waals surface area contributed by atoms with Crippen molar-refractivity contribution in [2.24, 2.45) is 0 Å². The zero-order valence-electron chi connectivity index (χ0n) is 9.73. The third-order valence-electron chi connectivity index (χ3n) is 3.00. The first kappa shape index (κ1) is 12.5. The molecule has 0 spiro atoms. The van der Waals surface area contributed by atoms with Crippen molar-refractivity contribution in [3.63, 3.8) is 0 Å². The summed E-state index contributed by atoms with van der Waals surface area (Å²) in [6.07, 6.45) is 2.57. The first-order valence-electron chi connectivity index (χ1n) is 5.40. The third-order valence-corrected chi connectivity index (χ3v) is 4.42. The minimum atomic E-state index is 0.252. The van der Waals surface area contributed by atoms with Crippen LogP contribution >= 0.6 is 0 Å². The van der Waals surface area contributed by atoms with E-state index in [1.54, 1.807) is 6.20 Å². The van der Waals surface area contributed by atoms with Gasteiger partial charge in [0.2, 0.25) is 0 Å². The number of amides is 1. The number of carbonyl (C=O) groups is 1. The van der Waals surface area contributed by atoms with E-state index in [-0.39, 0.29) is 3.47 Å². The monoisotopic (exact) mass is 423 g/mol. The molecule has 0 bridgehead atoms. The molecule has 2 rings (SSSR count). The van der Waals surface area contributed by atoms with Crippen LogP contribution < -0.4 is 11.1 Å². The summed E-state index contributed by atoms with van der Waals surface area (Å²) >= 11 is 0.352. The van der Waals surface area contributed by atoms with Crippen LogP contribution in [-0.4, -0.2) is 51.4 Å². The minimum absolute atomic E-state index is 0.252. The van der Waals surface area contributed by atoms with E-state index < -0.39 is 0 Å². The zero-order chi connectivity index (χ0) is 12.6. The van der Waals surface area contributed by atoms with Crippen molar-refractivity contribution in [1.29, 1.82) is 0 Å². The molecule has 4 N–H and O–H groups in total. The fourth-order valence-corrected chi connectivity index (χ4v) is 3.04. The predicted octanol–water partition coefficient (Wildman–Crippen LogP) is -1.12. The van der Waals surface area contributed by atoms with Gasteiger partial charge in [-0.05, 0) is 0 Å². The van der Waals surface area contributed by atoms with Crippen LogP contribution in [0.1, 0.15) is 23.6 Å². The summed E-state index contributed by atoms with van der Waals surface area (Å²) in [7, 11) is 0. The van der Waals surface area contributed by atoms with Crippen LogP contribution in [-0.2, 0) is 13.0 Å². The number of hydrogen-bond acceptors (Lipinski definition) is 3. The normalized spacial score (nSPS) is 14.2. The van der Waals surface area contributed by atoms with E-state index in [4.69, 9.17) is 11.1 Å². The molecule has 2 heterocycles. The molecule has 0 fully saturated rings. The van der Waals surface area contributed by atoms with Gasteiger partial charge < -0.3 is 0 Å². The van der Waals surface area contributed by atoms with E-state index in [1.165, 1.54) is 0 Å². The van der Waals surface area contributed by atoms with Crippen LogP contribution in [0.3, 0.4) is 0 Å². The van der Waals surface area contributed by atoms with Crippen LogP contribution in [0, 0.1) is 0 Å². The number of pyridine rings is 1. The van der Waals surface area contributed by atoms with Gasteiger partial charge in [0, 0.05) is 0 Å². The van der Waals surface area contributed by atoms with Crippen molar-refractivity contribution in [3.05, 3.63) is 22.9 Å². The van der Waals surface area contributed by atoms with E-state index >= 15 is 0 Å². The average Bonchev–Trinajstić information content (AvgIpc) is 2.27. The van der Waals surface area contributed by atoms with E-state index in [2.05, 4.69) is 4.98 Å². The third kappa shape index (κ3) is 2.33. The number of hydrogen-bond donors (Lipinski definition) is 2. The van der Waals surface area contributed by atoms with Gasteiger partial charge in [0.05, 0.1) is 0 Å². The second-order valence-electron chi connectivity index (χ2n) is 4.22. The molecule has 5 nitrogen and oxygen atoms in total. The molecule has 86 valence electrons. The molecule has 6 heteroatoms. The summed E-state index contributed by atoms with van der Waals surface area (Å²) in [5.41, 5.74) is 9.64. The van der Waals surface area contributed by atoms with Crippen molar-refractivity contribution in [2.75, 3.05) is 12.3 Å². The molecule has 1 aliphatic heterocycles. The van der Waals surface area contributed by atoms with Crippen LogP contribution in [0.5, 0.6) is 0 Å². The van der Waals surface area contributed by atoms with Gasteiger partial charge in [-0.3, -0.25) is 0 Å². The Balaban J connectivity index is 2.45. The quantitative estimate of drug-likeness (QED) is 0.444. The molecule has 1 aliphatic rings. The SMILES string of the molecule is CC(=[NH2+])c1c(N)ncc2c1CCN([C](=O)[Tl])C2. The standard InChI is InChI=1S/C11H13N4O.Tl/c1-7(12)10-9-2-3-15(6-16)5-8(9)4-14-11(10)13;/h4,12H,2-3,5H2,1H3,(H2,13,14);/p+1. The van der Waals surface area contributed by atoms with Crippen LogP contribution in [0.2, 0.25) is 0 Å². The number of anilines is 1. The molecule has 0 atom stereocenters. The Labute approximate surface area is 116 Å². The molecule has 0 unspecified atom stereocenters. The fourth-order valence-electron chi connectivity index (χ4n) is 2.19. The molecule has 0 saturated heterocycles. The number of aromatic nitrogens is 1. The van der Waals surface area contributed by atoms with Crippen LogP contribution in [0.4, 0.5) is 10.6 Å². The topological polar surface area (TPSA) is 84.8 Å². The average molecular weight is 423 g/mol. The number of nitrogen functional groups attached to an aromatic ring is 1. The summed E-state index contributed by atoms with van der Waals surface area (Å²) in [5, 5.41) is 5.86. The Hall–Kier alpha value is -0.988. The van der Waals surface area contributed by atoms with Gasteiger partial charge in [-0.15, -0.1) is 0 Å². The molecule has 17 heavy (non-hydrogen) atoms. The van der Waals surface area contributed by atoms with Crippen molar-refractivity contribution in [3.8, 4) is 0 Å². The van der Waals surface area contributed by atoms with E-state index in [9.17, 15) is 4.79 Å². The molecule has 0 radical (unpaired) electrons. The molecular weight excluding hydrogens is 409 g/mol. The van der Waals surface area contributed by atoms with Crippen molar-refractivity contribution in [2.45, 2.75) is 19.9 Å². The number of rotatable bonds is 1. The van der Waals surface area contributed by atoms with Gasteiger partial charge in [-0.25, -0.2) is 0 Å². The van der Waals surface area contributed by atoms with Gasteiger partial charge in [0.15, 0.2) is 0 Å². The Bertz CT molecular complexity index is 500. The van der Waals surface area contributed by atoms with E-state index in [0.717, 1.165) is 29.7 Å². The van der Waals surface area contributed by atoms with Crippen molar-refractivity contribution >= 4 is 40.8 Å². The van der Waals surface area contributed by atoms with Crippen molar-refractivity contribution < 1.29 is 10.2 Å². The van der Waals surface area contributed by atoms with E-state index in [0.29, 0.717) is 43.8 Å². The summed E-state index contributed by atoms with van der Waals surface area (Å²) in [5.74, 6) is 0.483. The summed E-state index contributed by atoms with van der Waals surface area (Å²) in [6, 6.07) is 0. The van der Waals surface area contributed by atoms with Gasteiger partial charge >= 0.3 is 116 Å². The first-order valence-corrected chi connectivity index (χ1v) is 7.65. The molecule has 1 aromatic rings.